The van der Waals surface area contributed by atoms with Crippen LogP contribution in [0.3, 0.4) is 0 Å². The van der Waals surface area contributed by atoms with Crippen LogP contribution in [0.1, 0.15) is 49.8 Å². The molecule has 7 heteroatoms. The van der Waals surface area contributed by atoms with Gasteiger partial charge in [-0.1, -0.05) is 51.4 Å². The number of rotatable bonds is 8. The van der Waals surface area contributed by atoms with Gasteiger partial charge < -0.3 is 14.6 Å². The van der Waals surface area contributed by atoms with Crippen LogP contribution in [-0.2, 0) is 16.6 Å². The maximum atomic E-state index is 11.3. The highest BCUT2D eigenvalue weighted by Gasteiger charge is 2.32. The van der Waals surface area contributed by atoms with E-state index in [4.69, 9.17) is 21.1 Å². The first-order valence-corrected chi connectivity index (χ1v) is 11.9. The van der Waals surface area contributed by atoms with Crippen molar-refractivity contribution in [2.75, 3.05) is 19.0 Å². The van der Waals surface area contributed by atoms with Crippen molar-refractivity contribution in [3.63, 3.8) is 0 Å². The number of halogens is 1. The van der Waals surface area contributed by atoms with E-state index in [1.807, 2.05) is 18.2 Å². The molecule has 0 bridgehead atoms. The Morgan fingerprint density at radius 3 is 2.45 bits per heavy atom. The predicted octanol–water partition coefficient (Wildman–Crippen LogP) is 5.45. The second-order valence-corrected chi connectivity index (χ2v) is 10.2. The molecular formula is C24H30ClNO4S. The van der Waals surface area contributed by atoms with Gasteiger partial charge in [-0.3, -0.25) is 10.1 Å². The van der Waals surface area contributed by atoms with Gasteiger partial charge in [-0.2, -0.15) is 0 Å². The number of benzene rings is 2. The molecule has 31 heavy (non-hydrogen) atoms. The number of aryl methyl sites for hydroxylation is 1. The molecule has 1 saturated heterocycles. The van der Waals surface area contributed by atoms with Crippen LogP contribution >= 0.6 is 23.4 Å². The minimum absolute atomic E-state index is 0.0171. The molecule has 2 atom stereocenters. The van der Waals surface area contributed by atoms with E-state index in [0.717, 1.165) is 17.7 Å². The molecule has 2 aromatic rings. The Bertz CT molecular complexity index is 928. The second-order valence-electron chi connectivity index (χ2n) is 8.58. The summed E-state index contributed by atoms with van der Waals surface area (Å²) in [4.78, 5) is 11.3. The highest BCUT2D eigenvalue weighted by atomic mass is 35.5. The summed E-state index contributed by atoms with van der Waals surface area (Å²) in [6.07, 6.45) is 0.988. The molecule has 1 fully saturated rings. The number of nitrogens with one attached hydrogen (secondary N) is 1. The number of carboxylic acid groups (broad SMARTS) is 1. The Morgan fingerprint density at radius 2 is 1.84 bits per heavy atom. The van der Waals surface area contributed by atoms with Gasteiger partial charge in [-0.25, -0.2) is 0 Å². The van der Waals surface area contributed by atoms with Crippen LogP contribution in [0, 0.1) is 0 Å². The van der Waals surface area contributed by atoms with E-state index >= 15 is 0 Å². The van der Waals surface area contributed by atoms with E-state index < -0.39 is 12.0 Å². The molecule has 2 aromatic carbocycles. The summed E-state index contributed by atoms with van der Waals surface area (Å²) in [5, 5.41) is 12.8. The van der Waals surface area contributed by atoms with Crippen molar-refractivity contribution >= 4 is 29.3 Å². The summed E-state index contributed by atoms with van der Waals surface area (Å²) in [5.74, 6) is 1.21. The summed E-state index contributed by atoms with van der Waals surface area (Å²) in [5.41, 5.74) is 3.31. The highest BCUT2D eigenvalue weighted by molar-refractivity contribution is 7.99. The zero-order valence-corrected chi connectivity index (χ0v) is 20.0. The van der Waals surface area contributed by atoms with Gasteiger partial charge in [0.05, 0.1) is 5.37 Å². The molecule has 0 aliphatic carbocycles. The van der Waals surface area contributed by atoms with Crippen molar-refractivity contribution in [2.24, 2.45) is 0 Å². The van der Waals surface area contributed by atoms with E-state index in [2.05, 4.69) is 45.1 Å². The maximum Gasteiger partial charge on any atom is 0.321 e. The molecule has 1 aliphatic rings. The van der Waals surface area contributed by atoms with Gasteiger partial charge in [-0.15, -0.1) is 11.8 Å². The standard InChI is InChI=1S/C24H30ClNO4S/c1-5-15-6-8-21(18(12-15)24(2,3)4)30-11-10-29-20-9-7-16(25)13-17(20)22-26-19(14-31-22)23(27)28/h6-9,12-13,19,22,26H,5,10-11,14H2,1-4H3,(H,27,28). The third kappa shape index (κ3) is 6.09. The average Bonchev–Trinajstić information content (AvgIpc) is 3.22. The number of carbonyl (C=O) groups is 1. The summed E-state index contributed by atoms with van der Waals surface area (Å²) < 4.78 is 12.1. The van der Waals surface area contributed by atoms with Crippen LogP contribution in [0.2, 0.25) is 5.02 Å². The monoisotopic (exact) mass is 463 g/mol. The van der Waals surface area contributed by atoms with Crippen molar-refractivity contribution in [1.29, 1.82) is 0 Å². The summed E-state index contributed by atoms with van der Waals surface area (Å²) in [6.45, 7) is 9.47. The minimum atomic E-state index is -0.850. The lowest BCUT2D eigenvalue weighted by Gasteiger charge is -2.24. The Labute approximate surface area is 193 Å². The Balaban J connectivity index is 1.65. The summed E-state index contributed by atoms with van der Waals surface area (Å²) >= 11 is 7.72. The van der Waals surface area contributed by atoms with Gasteiger partial charge in [-0.05, 0) is 47.2 Å². The second kappa shape index (κ2) is 10.2. The first kappa shape index (κ1) is 23.8. The van der Waals surface area contributed by atoms with Crippen LogP contribution in [0.4, 0.5) is 0 Å². The molecule has 2 unspecified atom stereocenters. The molecule has 0 radical (unpaired) electrons. The van der Waals surface area contributed by atoms with Gasteiger partial charge in [0.2, 0.25) is 0 Å². The van der Waals surface area contributed by atoms with Crippen molar-refractivity contribution in [1.82, 2.24) is 5.32 Å². The minimum Gasteiger partial charge on any atom is -0.490 e. The van der Waals surface area contributed by atoms with E-state index in [0.29, 0.717) is 29.7 Å². The number of thioether (sulfide) groups is 1. The van der Waals surface area contributed by atoms with Gasteiger partial charge in [0, 0.05) is 16.3 Å². The Kier molecular flexibility index (Phi) is 7.78. The lowest BCUT2D eigenvalue weighted by molar-refractivity contribution is -0.138. The fourth-order valence-corrected chi connectivity index (χ4v) is 4.89. The van der Waals surface area contributed by atoms with Crippen LogP contribution in [0.15, 0.2) is 36.4 Å². The van der Waals surface area contributed by atoms with Gasteiger partial charge >= 0.3 is 5.97 Å². The smallest absolute Gasteiger partial charge is 0.321 e. The largest absolute Gasteiger partial charge is 0.490 e. The predicted molar refractivity (Wildman–Crippen MR) is 127 cm³/mol. The zero-order valence-electron chi connectivity index (χ0n) is 18.4. The zero-order chi connectivity index (χ0) is 22.6. The molecule has 168 valence electrons. The summed E-state index contributed by atoms with van der Waals surface area (Å²) in [7, 11) is 0. The molecular weight excluding hydrogens is 434 g/mol. The Hall–Kier alpha value is -1.89. The lowest BCUT2D eigenvalue weighted by atomic mass is 9.85. The third-order valence-electron chi connectivity index (χ3n) is 5.19. The van der Waals surface area contributed by atoms with Crippen molar-refractivity contribution in [3.8, 4) is 11.5 Å². The quantitative estimate of drug-likeness (QED) is 0.507. The first-order valence-electron chi connectivity index (χ1n) is 10.5. The molecule has 5 nitrogen and oxygen atoms in total. The van der Waals surface area contributed by atoms with Crippen LogP contribution in [0.5, 0.6) is 11.5 Å². The molecule has 2 N–H and O–H groups in total. The molecule has 0 aromatic heterocycles. The SMILES string of the molecule is CCc1ccc(OCCOc2ccc(Cl)cc2C2NC(C(=O)O)CS2)c(C(C)(C)C)c1. The first-order chi connectivity index (χ1) is 14.7. The topological polar surface area (TPSA) is 67.8 Å². The average molecular weight is 464 g/mol. The lowest BCUT2D eigenvalue weighted by Crippen LogP contribution is -2.33. The Morgan fingerprint density at radius 1 is 1.16 bits per heavy atom. The van der Waals surface area contributed by atoms with Crippen LogP contribution in [0.25, 0.3) is 0 Å². The van der Waals surface area contributed by atoms with Crippen molar-refractivity contribution in [3.05, 3.63) is 58.1 Å². The number of aliphatic carboxylic acids is 1. The number of hydrogen-bond donors (Lipinski definition) is 2. The normalized spacial score (nSPS) is 18.7. The van der Waals surface area contributed by atoms with Crippen LogP contribution < -0.4 is 14.8 Å². The number of carboxylic acids is 1. The molecule has 0 saturated carbocycles. The summed E-state index contributed by atoms with van der Waals surface area (Å²) in [6, 6.07) is 11.2. The molecule has 0 spiro atoms. The molecule has 3 rings (SSSR count). The van der Waals surface area contributed by atoms with E-state index in [1.54, 1.807) is 6.07 Å². The van der Waals surface area contributed by atoms with Crippen molar-refractivity contribution < 1.29 is 19.4 Å². The maximum absolute atomic E-state index is 11.3. The van der Waals surface area contributed by atoms with Gasteiger partial charge in [0.1, 0.15) is 30.8 Å². The molecule has 1 heterocycles. The molecule has 0 amide bonds. The van der Waals surface area contributed by atoms with Crippen LogP contribution in [-0.4, -0.2) is 36.1 Å². The van der Waals surface area contributed by atoms with Gasteiger partial charge in [0.25, 0.3) is 0 Å². The van der Waals surface area contributed by atoms with E-state index in [9.17, 15) is 9.90 Å². The third-order valence-corrected chi connectivity index (χ3v) is 6.68. The van der Waals surface area contributed by atoms with E-state index in [-0.39, 0.29) is 10.8 Å². The fourth-order valence-electron chi connectivity index (χ4n) is 3.46. The highest BCUT2D eigenvalue weighted by Crippen LogP contribution is 2.39. The molecule has 1 aliphatic heterocycles. The number of ether oxygens (including phenoxy) is 2. The number of hydrogen-bond acceptors (Lipinski definition) is 5. The van der Waals surface area contributed by atoms with Gasteiger partial charge in [0.15, 0.2) is 0 Å². The van der Waals surface area contributed by atoms with Crippen molar-refractivity contribution in [2.45, 2.75) is 50.9 Å². The fraction of sp³-hybridized carbons (Fsp3) is 0.458. The van der Waals surface area contributed by atoms with E-state index in [1.165, 1.54) is 22.9 Å².